The normalized spacial score (nSPS) is 20.3. The van der Waals surface area contributed by atoms with E-state index in [1.54, 1.807) is 0 Å². The Labute approximate surface area is 313 Å². The average Bonchev–Trinajstić information content (AvgIpc) is 3.16. The Morgan fingerprint density at radius 2 is 1.18 bits per heavy atom. The van der Waals surface area contributed by atoms with Crippen molar-refractivity contribution in [3.05, 3.63) is 58.1 Å². The molecule has 1 aliphatic heterocycles. The van der Waals surface area contributed by atoms with E-state index in [-0.39, 0.29) is 18.6 Å². The number of aldehydes is 2. The van der Waals surface area contributed by atoms with Crippen molar-refractivity contribution in [2.45, 2.75) is 30.2 Å². The first kappa shape index (κ1) is 40.5. The molecular weight excluding hydrogens is 776 g/mol. The minimum Gasteiger partial charge on any atom is -0.504 e. The lowest BCUT2D eigenvalue weighted by molar-refractivity contribution is -0.342. The molecule has 4 aromatic carbocycles. The number of aliphatic hydroxyl groups excluding tert-OH is 3. The van der Waals surface area contributed by atoms with Gasteiger partial charge < -0.3 is 95.6 Å². The highest BCUT2D eigenvalue weighted by molar-refractivity contribution is 6.04. The van der Waals surface area contributed by atoms with Crippen LogP contribution in [-0.4, -0.2) is 131 Å². The molecule has 0 aromatic heterocycles. The summed E-state index contributed by atoms with van der Waals surface area (Å²) >= 11 is 0. The smallest absolute Gasteiger partial charge is 0.341 e. The van der Waals surface area contributed by atoms with Gasteiger partial charge in [0.1, 0.15) is 23.9 Å². The molecule has 1 heterocycles. The number of aromatic carboxylic acids is 2. The van der Waals surface area contributed by atoms with Gasteiger partial charge in [-0.25, -0.2) is 14.4 Å². The predicted octanol–water partition coefficient (Wildman–Crippen LogP) is 0.101. The number of hydrogen-bond donors (Lipinski definition) is 15. The fourth-order valence-corrected chi connectivity index (χ4v) is 5.82. The van der Waals surface area contributed by atoms with Crippen LogP contribution < -0.4 is 4.74 Å². The van der Waals surface area contributed by atoms with Gasteiger partial charge in [-0.15, -0.1) is 0 Å². The lowest BCUT2D eigenvalue weighted by Crippen LogP contribution is -2.64. The van der Waals surface area contributed by atoms with Crippen molar-refractivity contribution in [2.75, 3.05) is 0 Å². The summed E-state index contributed by atoms with van der Waals surface area (Å²) in [7, 11) is 0. The number of carbonyl (C=O) groups excluding carboxylic acids is 3. The molecule has 0 saturated carbocycles. The number of phenols is 10. The molecule has 1 aliphatic rings. The number of carbonyl (C=O) groups is 5. The lowest BCUT2D eigenvalue weighted by atomic mass is 9.85. The van der Waals surface area contributed by atoms with E-state index in [4.69, 9.17) is 14.2 Å². The molecule has 4 aromatic rings. The molecule has 23 heteroatoms. The van der Waals surface area contributed by atoms with Crippen molar-refractivity contribution in [1.82, 2.24) is 0 Å². The van der Waals surface area contributed by atoms with E-state index >= 15 is 0 Å². The molecule has 0 bridgehead atoms. The molecule has 0 amide bonds. The summed E-state index contributed by atoms with van der Waals surface area (Å²) in [6.45, 7) is 0. The van der Waals surface area contributed by atoms with Gasteiger partial charge in [-0.1, -0.05) is 0 Å². The number of phenolic OH excluding ortho intramolecular Hbond substituents is 10. The van der Waals surface area contributed by atoms with Gasteiger partial charge in [-0.3, -0.25) is 4.79 Å². The van der Waals surface area contributed by atoms with Gasteiger partial charge in [-0.2, -0.15) is 0 Å². The maximum absolute atomic E-state index is 14.5. The van der Waals surface area contributed by atoms with Crippen LogP contribution in [0.2, 0.25) is 0 Å². The van der Waals surface area contributed by atoms with Crippen LogP contribution in [0.25, 0.3) is 11.1 Å². The summed E-state index contributed by atoms with van der Waals surface area (Å²) in [6, 6.07) is 1.96. The zero-order valence-corrected chi connectivity index (χ0v) is 27.8. The molecule has 5 rings (SSSR count). The Kier molecular flexibility index (Phi) is 10.3. The molecule has 0 aliphatic carbocycles. The van der Waals surface area contributed by atoms with Crippen LogP contribution in [0, 0.1) is 0 Å². The number of aliphatic hydroxyl groups is 3. The topological polar surface area (TPSA) is 416 Å². The van der Waals surface area contributed by atoms with E-state index in [2.05, 4.69) is 0 Å². The van der Waals surface area contributed by atoms with Gasteiger partial charge in [-0.05, 0) is 24.3 Å². The van der Waals surface area contributed by atoms with Crippen molar-refractivity contribution in [1.29, 1.82) is 0 Å². The minimum absolute atomic E-state index is 0.0561. The Balaban J connectivity index is 1.87. The number of carboxylic acid groups (broad SMARTS) is 2. The van der Waals surface area contributed by atoms with Crippen LogP contribution in [0.5, 0.6) is 69.0 Å². The largest absolute Gasteiger partial charge is 0.504 e. The Bertz CT molecular complexity index is 2390. The third kappa shape index (κ3) is 6.48. The number of carboxylic acids is 2. The molecule has 15 N–H and O–H groups in total. The van der Waals surface area contributed by atoms with E-state index in [9.17, 15) is 101 Å². The van der Waals surface area contributed by atoms with Crippen LogP contribution in [0.1, 0.15) is 47.0 Å². The van der Waals surface area contributed by atoms with Crippen molar-refractivity contribution in [2.24, 2.45) is 0 Å². The third-order valence-corrected chi connectivity index (χ3v) is 8.57. The molecule has 57 heavy (non-hydrogen) atoms. The van der Waals surface area contributed by atoms with E-state index in [0.717, 1.165) is 0 Å². The molecular formula is C34H26O23. The Morgan fingerprint density at radius 3 is 1.74 bits per heavy atom. The molecule has 0 unspecified atom stereocenters. The molecule has 0 spiro atoms. The third-order valence-electron chi connectivity index (χ3n) is 8.57. The average molecular weight is 803 g/mol. The maximum Gasteiger partial charge on any atom is 0.341 e. The molecule has 23 nitrogen and oxygen atoms in total. The van der Waals surface area contributed by atoms with E-state index < -0.39 is 156 Å². The van der Waals surface area contributed by atoms with Gasteiger partial charge in [0.2, 0.25) is 23.0 Å². The first-order chi connectivity index (χ1) is 26.6. The fraction of sp³-hybridized carbons (Fsp3) is 0.147. The molecule has 300 valence electrons. The second-order valence-corrected chi connectivity index (χ2v) is 11.9. The number of esters is 1. The number of benzene rings is 4. The second kappa shape index (κ2) is 14.5. The van der Waals surface area contributed by atoms with Crippen LogP contribution >= 0.6 is 0 Å². The van der Waals surface area contributed by atoms with Crippen molar-refractivity contribution >= 4 is 30.5 Å². The highest BCUT2D eigenvalue weighted by atomic mass is 16.7. The fourth-order valence-electron chi connectivity index (χ4n) is 5.82. The van der Waals surface area contributed by atoms with Gasteiger partial charge in [0.05, 0.1) is 16.7 Å². The summed E-state index contributed by atoms with van der Waals surface area (Å²) in [4.78, 5) is 62.9. The van der Waals surface area contributed by atoms with E-state index in [1.165, 1.54) is 0 Å². The van der Waals surface area contributed by atoms with Gasteiger partial charge in [0.25, 0.3) is 5.79 Å². The standard InChI is InChI=1S/C34H26O23/c35-6-8-1-14(38)21(41)25(45)19(8)9-2-13(37)17(55-29-12(32(52)53)4-16(40)23(43)27(29)47)5-10(9)33(54)57-34(30(49)28(48)24(44)18(7-36)56-34)20-11(31(50)51)3-15(39)22(42)26(20)46/h1-7,18,24,28,30,37-49H,(H,50,51)(H,52,53)/t18-,24-,28+,30-,34+/m1/s1. The number of hydrogen-bond acceptors (Lipinski definition) is 21. The Morgan fingerprint density at radius 1 is 0.632 bits per heavy atom. The van der Waals surface area contributed by atoms with Crippen molar-refractivity contribution < 1.29 is 115 Å². The van der Waals surface area contributed by atoms with Crippen LogP contribution in [0.4, 0.5) is 0 Å². The number of ether oxygens (including phenoxy) is 3. The van der Waals surface area contributed by atoms with E-state index in [0.29, 0.717) is 24.3 Å². The molecule has 1 saturated heterocycles. The lowest BCUT2D eigenvalue weighted by Gasteiger charge is -2.47. The van der Waals surface area contributed by atoms with Crippen LogP contribution in [0.3, 0.4) is 0 Å². The highest BCUT2D eigenvalue weighted by Crippen LogP contribution is 2.53. The van der Waals surface area contributed by atoms with Gasteiger partial charge in [0, 0.05) is 22.8 Å². The van der Waals surface area contributed by atoms with Crippen molar-refractivity contribution in [3.8, 4) is 80.1 Å². The van der Waals surface area contributed by atoms with Gasteiger partial charge in [0.15, 0.2) is 64.7 Å². The molecule has 5 atom stereocenters. The SMILES string of the molecule is O=Cc1cc(O)c(O)c(O)c1-c1cc(O)c(Oc2c(C(=O)O)cc(O)c(O)c2O)cc1C(=O)O[C@]1(c2c(C(=O)O)cc(O)c(O)c2O)O[C@H](C=O)[C@@H](O)[C@H](O)[C@H]1O. The first-order valence-corrected chi connectivity index (χ1v) is 15.3. The molecule has 1 fully saturated rings. The summed E-state index contributed by atoms with van der Waals surface area (Å²) in [5, 5.41) is 156. The maximum atomic E-state index is 14.5. The Hall–Kier alpha value is -7.73. The number of aromatic hydroxyl groups is 10. The zero-order valence-electron chi connectivity index (χ0n) is 27.8. The monoisotopic (exact) mass is 802 g/mol. The highest BCUT2D eigenvalue weighted by Gasteiger charge is 2.60. The quantitative estimate of drug-likeness (QED) is 0.0574. The zero-order chi connectivity index (χ0) is 42.6. The summed E-state index contributed by atoms with van der Waals surface area (Å²) in [6.07, 6.45) is -10.7. The predicted molar refractivity (Wildman–Crippen MR) is 177 cm³/mol. The number of rotatable bonds is 10. The summed E-state index contributed by atoms with van der Waals surface area (Å²) in [5.41, 5.74) is -7.78. The minimum atomic E-state index is -3.76. The first-order valence-electron chi connectivity index (χ1n) is 15.3. The van der Waals surface area contributed by atoms with Crippen LogP contribution in [-0.2, 0) is 20.1 Å². The van der Waals surface area contributed by atoms with Crippen LogP contribution in [0.15, 0.2) is 30.3 Å². The van der Waals surface area contributed by atoms with Crippen molar-refractivity contribution in [3.63, 3.8) is 0 Å². The second-order valence-electron chi connectivity index (χ2n) is 11.9. The van der Waals surface area contributed by atoms with Gasteiger partial charge >= 0.3 is 17.9 Å². The summed E-state index contributed by atoms with van der Waals surface area (Å²) < 4.78 is 16.0. The molecule has 0 radical (unpaired) electrons. The summed E-state index contributed by atoms with van der Waals surface area (Å²) in [5.74, 6) is -25.8. The van der Waals surface area contributed by atoms with E-state index in [1.807, 2.05) is 0 Å².